The van der Waals surface area contributed by atoms with Crippen LogP contribution in [0.3, 0.4) is 0 Å². The van der Waals surface area contributed by atoms with Crippen LogP contribution in [0.25, 0.3) is 0 Å². The number of rotatable bonds is 2. The van der Waals surface area contributed by atoms with Crippen molar-refractivity contribution in [2.75, 3.05) is 18.0 Å². The summed E-state index contributed by atoms with van der Waals surface area (Å²) in [4.78, 5) is 15.1. The fourth-order valence-corrected chi connectivity index (χ4v) is 5.07. The number of sulfone groups is 1. The van der Waals surface area contributed by atoms with E-state index in [1.54, 1.807) is 0 Å². The van der Waals surface area contributed by atoms with E-state index < -0.39 is 32.3 Å². The summed E-state index contributed by atoms with van der Waals surface area (Å²) in [6, 6.07) is 6.99. The molecule has 0 unspecified atom stereocenters. The average Bonchev–Trinajstić information content (AvgIpc) is 3.18. The van der Waals surface area contributed by atoms with E-state index in [0.717, 1.165) is 43.3 Å². The van der Waals surface area contributed by atoms with Gasteiger partial charge in [-0.2, -0.15) is 0 Å². The van der Waals surface area contributed by atoms with Crippen molar-refractivity contribution in [2.45, 2.75) is 17.7 Å². The van der Waals surface area contributed by atoms with Crippen LogP contribution in [0.4, 0.5) is 20.2 Å². The van der Waals surface area contributed by atoms with Gasteiger partial charge in [-0.25, -0.2) is 17.2 Å². The van der Waals surface area contributed by atoms with E-state index in [1.807, 2.05) is 0 Å². The Morgan fingerprint density at radius 2 is 1.75 bits per heavy atom. The minimum Gasteiger partial charge on any atom is -0.338 e. The Labute approximate surface area is 165 Å². The van der Waals surface area contributed by atoms with E-state index in [4.69, 9.17) is 11.6 Å². The summed E-state index contributed by atoms with van der Waals surface area (Å²) >= 11 is 5.86. The first-order chi connectivity index (χ1) is 13.3. The van der Waals surface area contributed by atoms with Crippen LogP contribution in [0.1, 0.15) is 12.8 Å². The van der Waals surface area contributed by atoms with Gasteiger partial charge in [-0.15, -0.1) is 0 Å². The topological polar surface area (TPSA) is 57.7 Å². The van der Waals surface area contributed by atoms with Gasteiger partial charge >= 0.3 is 0 Å². The van der Waals surface area contributed by atoms with Crippen molar-refractivity contribution in [1.29, 1.82) is 0 Å². The zero-order valence-corrected chi connectivity index (χ0v) is 16.1. The molecule has 0 aliphatic carbocycles. The highest BCUT2D eigenvalue weighted by molar-refractivity contribution is 7.96. The molecule has 0 N–H and O–H groups in total. The first kappa shape index (κ1) is 18.9. The normalized spacial score (nSPS) is 18.0. The maximum absolute atomic E-state index is 13.9. The van der Waals surface area contributed by atoms with Gasteiger partial charge in [0.2, 0.25) is 9.84 Å². The number of hydrogen-bond acceptors (Lipinski definition) is 4. The van der Waals surface area contributed by atoms with Gasteiger partial charge < -0.3 is 9.80 Å². The maximum atomic E-state index is 13.9. The second kappa shape index (κ2) is 6.86. The fraction of sp³-hybridized carbons (Fsp3) is 0.211. The molecule has 0 aromatic heterocycles. The summed E-state index contributed by atoms with van der Waals surface area (Å²) in [7, 11) is -4.14. The highest BCUT2D eigenvalue weighted by Gasteiger charge is 2.38. The SMILES string of the molecule is O=C(C1=CN(c2ccc(F)c(Cl)c2)c2cc(F)ccc2S1(=O)=O)N1CCCC1. The summed E-state index contributed by atoms with van der Waals surface area (Å²) in [5, 5.41) is -0.176. The van der Waals surface area contributed by atoms with Crippen LogP contribution in [0, 0.1) is 11.6 Å². The molecule has 2 aliphatic rings. The Balaban J connectivity index is 1.91. The molecule has 1 amide bonds. The van der Waals surface area contributed by atoms with Crippen LogP contribution in [-0.4, -0.2) is 32.3 Å². The predicted octanol–water partition coefficient (Wildman–Crippen LogP) is 4.01. The molecule has 2 aromatic carbocycles. The lowest BCUT2D eigenvalue weighted by Gasteiger charge is -2.30. The highest BCUT2D eigenvalue weighted by atomic mass is 35.5. The summed E-state index contributed by atoms with van der Waals surface area (Å²) in [5.41, 5.74) is 0.334. The van der Waals surface area contributed by atoms with Gasteiger partial charge in [0.25, 0.3) is 5.91 Å². The molecule has 4 rings (SSSR count). The number of carbonyl (C=O) groups is 1. The zero-order chi connectivity index (χ0) is 20.1. The van der Waals surface area contributed by atoms with Crippen molar-refractivity contribution < 1.29 is 22.0 Å². The molecule has 2 aromatic rings. The fourth-order valence-electron chi connectivity index (χ4n) is 3.38. The van der Waals surface area contributed by atoms with Crippen LogP contribution < -0.4 is 4.90 Å². The first-order valence-corrected chi connectivity index (χ1v) is 10.4. The van der Waals surface area contributed by atoms with Gasteiger partial charge in [0.05, 0.1) is 15.6 Å². The Morgan fingerprint density at radius 3 is 2.43 bits per heavy atom. The van der Waals surface area contributed by atoms with Gasteiger partial charge in [-0.3, -0.25) is 4.79 Å². The van der Waals surface area contributed by atoms with Crippen molar-refractivity contribution in [3.63, 3.8) is 0 Å². The number of carbonyl (C=O) groups excluding carboxylic acids is 1. The predicted molar refractivity (Wildman–Crippen MR) is 101 cm³/mol. The number of amides is 1. The summed E-state index contributed by atoms with van der Waals surface area (Å²) in [5.74, 6) is -1.90. The van der Waals surface area contributed by atoms with Crippen molar-refractivity contribution in [3.8, 4) is 0 Å². The first-order valence-electron chi connectivity index (χ1n) is 8.59. The average molecular weight is 425 g/mol. The largest absolute Gasteiger partial charge is 0.338 e. The van der Waals surface area contributed by atoms with Crippen LogP contribution in [-0.2, 0) is 14.6 Å². The molecule has 146 valence electrons. The summed E-state index contributed by atoms with van der Waals surface area (Å²) in [6.45, 7) is 0.953. The molecule has 1 saturated heterocycles. The molecule has 9 heteroatoms. The molecule has 1 fully saturated rings. The molecule has 0 atom stereocenters. The van der Waals surface area contributed by atoms with Crippen molar-refractivity contribution >= 4 is 38.7 Å². The Bertz CT molecular complexity index is 1110. The van der Waals surface area contributed by atoms with Crippen molar-refractivity contribution in [3.05, 3.63) is 64.2 Å². The quantitative estimate of drug-likeness (QED) is 0.683. The van der Waals surface area contributed by atoms with Crippen LogP contribution in [0.5, 0.6) is 0 Å². The molecule has 0 saturated carbocycles. The van der Waals surface area contributed by atoms with Crippen LogP contribution in [0.2, 0.25) is 5.02 Å². The number of halogens is 3. The summed E-state index contributed by atoms with van der Waals surface area (Å²) < 4.78 is 53.6. The molecular weight excluding hydrogens is 410 g/mol. The van der Waals surface area contributed by atoms with Gasteiger partial charge in [-0.1, -0.05) is 11.6 Å². The number of likely N-dealkylation sites (tertiary alicyclic amines) is 1. The molecule has 2 aliphatic heterocycles. The smallest absolute Gasteiger partial charge is 0.267 e. The van der Waals surface area contributed by atoms with Gasteiger partial charge in [0.1, 0.15) is 11.6 Å². The zero-order valence-electron chi connectivity index (χ0n) is 14.5. The lowest BCUT2D eigenvalue weighted by Crippen LogP contribution is -2.35. The molecular formula is C19H15ClF2N2O3S. The monoisotopic (exact) mass is 424 g/mol. The standard InChI is InChI=1S/C19H15ClF2N2O3S/c20-14-10-13(4-5-15(14)22)24-11-18(19(25)23-7-1-2-8-23)28(26,27)17-6-3-12(21)9-16(17)24/h3-6,9-11H,1-2,7-8H2. The molecule has 28 heavy (non-hydrogen) atoms. The second-order valence-electron chi connectivity index (χ2n) is 6.58. The third kappa shape index (κ3) is 3.06. The third-order valence-corrected chi connectivity index (χ3v) is 6.86. The van der Waals surface area contributed by atoms with Crippen LogP contribution in [0.15, 0.2) is 52.4 Å². The van der Waals surface area contributed by atoms with Gasteiger partial charge in [0, 0.05) is 25.0 Å². The number of fused-ring (bicyclic) bond motifs is 1. The Kier molecular flexibility index (Phi) is 4.63. The van der Waals surface area contributed by atoms with E-state index in [0.29, 0.717) is 18.8 Å². The number of anilines is 2. The molecule has 2 heterocycles. The summed E-state index contributed by atoms with van der Waals surface area (Å²) in [6.07, 6.45) is 2.76. The highest BCUT2D eigenvalue weighted by Crippen LogP contribution is 2.41. The molecule has 5 nitrogen and oxygen atoms in total. The lowest BCUT2D eigenvalue weighted by molar-refractivity contribution is -0.125. The van der Waals surface area contributed by atoms with E-state index in [2.05, 4.69) is 0 Å². The molecule has 0 spiro atoms. The van der Waals surface area contributed by atoms with Crippen LogP contribution >= 0.6 is 11.6 Å². The van der Waals surface area contributed by atoms with E-state index in [-0.39, 0.29) is 15.6 Å². The van der Waals surface area contributed by atoms with Crippen molar-refractivity contribution in [1.82, 2.24) is 4.90 Å². The Morgan fingerprint density at radius 1 is 1.04 bits per heavy atom. The number of hydrogen-bond donors (Lipinski definition) is 0. The second-order valence-corrected chi connectivity index (χ2v) is 8.87. The lowest BCUT2D eigenvalue weighted by atomic mass is 10.2. The van der Waals surface area contributed by atoms with E-state index in [9.17, 15) is 22.0 Å². The molecule has 0 radical (unpaired) electrons. The van der Waals surface area contributed by atoms with E-state index in [1.165, 1.54) is 21.9 Å². The maximum Gasteiger partial charge on any atom is 0.267 e. The third-order valence-electron chi connectivity index (χ3n) is 4.79. The van der Waals surface area contributed by atoms with Crippen molar-refractivity contribution in [2.24, 2.45) is 0 Å². The number of nitrogens with zero attached hydrogens (tertiary/aromatic N) is 2. The molecule has 0 bridgehead atoms. The van der Waals surface area contributed by atoms with E-state index >= 15 is 0 Å². The van der Waals surface area contributed by atoms with Gasteiger partial charge in [0.15, 0.2) is 4.91 Å². The minimum atomic E-state index is -4.14. The Hall–Kier alpha value is -2.45. The number of benzene rings is 2. The van der Waals surface area contributed by atoms with Gasteiger partial charge in [-0.05, 0) is 49.2 Å². The minimum absolute atomic E-state index is 0.0284.